The maximum atomic E-state index is 9.12. The summed E-state index contributed by atoms with van der Waals surface area (Å²) in [4.78, 5) is 0. The molecule has 0 aromatic rings. The molecule has 0 amide bonds. The molecule has 0 radical (unpaired) electrons. The van der Waals surface area contributed by atoms with Crippen LogP contribution in [-0.2, 0) is 4.74 Å². The van der Waals surface area contributed by atoms with Gasteiger partial charge in [-0.1, -0.05) is 0 Å². The van der Waals surface area contributed by atoms with Gasteiger partial charge in [0.15, 0.2) is 0 Å². The first kappa shape index (κ1) is 6.54. The second kappa shape index (κ2) is 1.71. The van der Waals surface area contributed by atoms with Crippen LogP contribution in [0.3, 0.4) is 0 Å². The van der Waals surface area contributed by atoms with Gasteiger partial charge in [-0.05, 0) is 0 Å². The Balaban J connectivity index is 2.12. The number of rotatable bonds is 1. The quantitative estimate of drug-likeness (QED) is 0.404. The lowest BCUT2D eigenvalue weighted by Crippen LogP contribution is -2.80. The maximum Gasteiger partial charge on any atom is 0.127 e. The summed E-state index contributed by atoms with van der Waals surface area (Å²) >= 11 is 0. The van der Waals surface area contributed by atoms with Crippen molar-refractivity contribution in [1.82, 2.24) is 0 Å². The Hall–Kier alpha value is -0.160. The number of hydrogen-bond donors (Lipinski definition) is 3. The minimum atomic E-state index is -0.892. The van der Waals surface area contributed by atoms with Crippen LogP contribution in [-0.4, -0.2) is 46.3 Å². The monoisotopic (exact) mass is 146 g/mol. The zero-order valence-corrected chi connectivity index (χ0v) is 5.40. The second-order valence-electron chi connectivity index (χ2n) is 2.97. The van der Waals surface area contributed by atoms with Gasteiger partial charge in [0.05, 0.1) is 19.3 Å². The summed E-state index contributed by atoms with van der Waals surface area (Å²) in [5, 5.41) is 26.9. The first-order valence-electron chi connectivity index (χ1n) is 3.33. The van der Waals surface area contributed by atoms with Gasteiger partial charge in [-0.15, -0.1) is 0 Å². The van der Waals surface area contributed by atoms with E-state index in [9.17, 15) is 0 Å². The molecule has 4 nitrogen and oxygen atoms in total. The van der Waals surface area contributed by atoms with E-state index in [0.717, 1.165) is 0 Å². The molecule has 1 aliphatic heterocycles. The molecule has 0 spiro atoms. The molecule has 10 heavy (non-hydrogen) atoms. The molecule has 1 aliphatic carbocycles. The first-order chi connectivity index (χ1) is 4.72. The summed E-state index contributed by atoms with van der Waals surface area (Å²) in [5.41, 5.74) is -0.806. The largest absolute Gasteiger partial charge is 0.393 e. The van der Waals surface area contributed by atoms with E-state index in [1.165, 1.54) is 0 Å². The molecule has 2 rings (SSSR count). The second-order valence-corrected chi connectivity index (χ2v) is 2.97. The number of hydrogen-bond acceptors (Lipinski definition) is 4. The summed E-state index contributed by atoms with van der Waals surface area (Å²) in [6.07, 6.45) is -1.59. The molecule has 0 aromatic carbocycles. The molecular formula is C6H10O4. The molecule has 1 heterocycles. The van der Waals surface area contributed by atoms with Crippen molar-refractivity contribution < 1.29 is 20.1 Å². The predicted molar refractivity (Wildman–Crippen MR) is 31.3 cm³/mol. The number of aliphatic hydroxyl groups is 3. The molecule has 0 unspecified atom stereocenters. The molecule has 1 saturated heterocycles. The summed E-state index contributed by atoms with van der Waals surface area (Å²) in [7, 11) is 0. The Morgan fingerprint density at radius 2 is 2.20 bits per heavy atom. The molecule has 3 N–H and O–H groups in total. The Morgan fingerprint density at radius 1 is 1.50 bits per heavy atom. The van der Waals surface area contributed by atoms with Crippen LogP contribution in [0.2, 0.25) is 0 Å². The van der Waals surface area contributed by atoms with E-state index in [1.54, 1.807) is 0 Å². The zero-order valence-electron chi connectivity index (χ0n) is 5.40. The number of aliphatic hydroxyl groups excluding tert-OH is 3. The van der Waals surface area contributed by atoms with Crippen molar-refractivity contribution in [1.29, 1.82) is 0 Å². The maximum absolute atomic E-state index is 9.12. The number of fused-ring (bicyclic) bond motifs is 1. The lowest BCUT2D eigenvalue weighted by molar-refractivity contribution is -0.374. The Labute approximate surface area is 58.0 Å². The van der Waals surface area contributed by atoms with Crippen molar-refractivity contribution in [3.63, 3.8) is 0 Å². The average Bonchev–Trinajstić information content (AvgIpc) is 1.88. The van der Waals surface area contributed by atoms with E-state index >= 15 is 0 Å². The van der Waals surface area contributed by atoms with Gasteiger partial charge < -0.3 is 20.1 Å². The van der Waals surface area contributed by atoms with Gasteiger partial charge >= 0.3 is 0 Å². The highest BCUT2D eigenvalue weighted by atomic mass is 16.6. The van der Waals surface area contributed by atoms with Crippen LogP contribution in [0.25, 0.3) is 0 Å². The Kier molecular flexibility index (Phi) is 1.12. The number of ether oxygens (including phenoxy) is 1. The van der Waals surface area contributed by atoms with Gasteiger partial charge in [0.25, 0.3) is 0 Å². The molecular weight excluding hydrogens is 136 g/mol. The third kappa shape index (κ3) is 0.441. The van der Waals surface area contributed by atoms with E-state index in [4.69, 9.17) is 20.1 Å². The summed E-state index contributed by atoms with van der Waals surface area (Å²) in [6.45, 7) is 0.259. The van der Waals surface area contributed by atoms with Crippen molar-refractivity contribution >= 4 is 0 Å². The fourth-order valence-electron chi connectivity index (χ4n) is 1.73. The smallest absolute Gasteiger partial charge is 0.127 e. The van der Waals surface area contributed by atoms with Gasteiger partial charge in [0.2, 0.25) is 0 Å². The molecule has 4 heteroatoms. The Morgan fingerprint density at radius 3 is 2.40 bits per heavy atom. The van der Waals surface area contributed by atoms with Gasteiger partial charge in [0, 0.05) is 5.92 Å². The topological polar surface area (TPSA) is 69.9 Å². The third-order valence-electron chi connectivity index (χ3n) is 2.64. The molecule has 2 fully saturated rings. The highest BCUT2D eigenvalue weighted by molar-refractivity contribution is 5.16. The van der Waals surface area contributed by atoms with E-state index in [-0.39, 0.29) is 12.5 Å². The van der Waals surface area contributed by atoms with Crippen molar-refractivity contribution in [2.24, 2.45) is 5.92 Å². The molecule has 2 aliphatic rings. The third-order valence-corrected chi connectivity index (χ3v) is 2.64. The van der Waals surface area contributed by atoms with Crippen molar-refractivity contribution in [3.05, 3.63) is 0 Å². The molecule has 4 atom stereocenters. The summed E-state index contributed by atoms with van der Waals surface area (Å²) in [5.74, 6) is -0.0486. The van der Waals surface area contributed by atoms with Gasteiger partial charge in [0.1, 0.15) is 11.7 Å². The lowest BCUT2D eigenvalue weighted by Gasteiger charge is -2.62. The van der Waals surface area contributed by atoms with Crippen LogP contribution >= 0.6 is 0 Å². The summed E-state index contributed by atoms with van der Waals surface area (Å²) in [6, 6.07) is 0. The van der Waals surface area contributed by atoms with Gasteiger partial charge in [-0.3, -0.25) is 0 Å². The van der Waals surface area contributed by atoms with Crippen molar-refractivity contribution in [2.45, 2.75) is 17.8 Å². The van der Waals surface area contributed by atoms with Crippen molar-refractivity contribution in [3.8, 4) is 0 Å². The highest BCUT2D eigenvalue weighted by Gasteiger charge is 2.68. The zero-order chi connectivity index (χ0) is 7.35. The summed E-state index contributed by atoms with van der Waals surface area (Å²) < 4.78 is 4.99. The minimum absolute atomic E-state index is 0.0486. The minimum Gasteiger partial charge on any atom is -0.393 e. The molecule has 58 valence electrons. The van der Waals surface area contributed by atoms with E-state index in [1.807, 2.05) is 0 Å². The molecule has 0 aromatic heterocycles. The predicted octanol–water partition coefficient (Wildman–Crippen LogP) is -1.90. The van der Waals surface area contributed by atoms with Crippen LogP contribution in [0.1, 0.15) is 0 Å². The first-order valence-corrected chi connectivity index (χ1v) is 3.33. The van der Waals surface area contributed by atoms with E-state index < -0.39 is 17.8 Å². The van der Waals surface area contributed by atoms with Crippen LogP contribution in [0, 0.1) is 5.92 Å². The standard InChI is InChI=1S/C6H10O4/c7-2-6-3(1-10-6)4(8)5(6)9/h3-5,7-9H,1-2H2/t3-,4-,5+,6+/m0/s1. The fraction of sp³-hybridized carbons (Fsp3) is 1.00. The average molecular weight is 146 g/mol. The van der Waals surface area contributed by atoms with E-state index in [2.05, 4.69) is 0 Å². The lowest BCUT2D eigenvalue weighted by atomic mass is 9.61. The van der Waals surface area contributed by atoms with Gasteiger partial charge in [-0.2, -0.15) is 0 Å². The fourth-order valence-corrected chi connectivity index (χ4v) is 1.73. The Bertz CT molecular complexity index is 148. The normalized spacial score (nSPS) is 58.5. The SMILES string of the molecule is OC[C@@]12OC[C@H]1[C@H](O)[C@H]2O. The van der Waals surface area contributed by atoms with E-state index in [0.29, 0.717) is 6.61 Å². The van der Waals surface area contributed by atoms with Crippen LogP contribution < -0.4 is 0 Å². The highest BCUT2D eigenvalue weighted by Crippen LogP contribution is 2.49. The molecule has 1 saturated carbocycles. The van der Waals surface area contributed by atoms with Crippen LogP contribution in [0.5, 0.6) is 0 Å². The van der Waals surface area contributed by atoms with Gasteiger partial charge in [-0.25, -0.2) is 0 Å². The molecule has 0 bridgehead atoms. The van der Waals surface area contributed by atoms with Crippen molar-refractivity contribution in [2.75, 3.05) is 13.2 Å². The van der Waals surface area contributed by atoms with Crippen LogP contribution in [0.15, 0.2) is 0 Å². The van der Waals surface area contributed by atoms with Crippen LogP contribution in [0.4, 0.5) is 0 Å².